The predicted molar refractivity (Wildman–Crippen MR) is 71.2 cm³/mol. The van der Waals surface area contributed by atoms with E-state index >= 15 is 0 Å². The lowest BCUT2D eigenvalue weighted by Crippen LogP contribution is -1.99. The molecule has 0 saturated carbocycles. The van der Waals surface area contributed by atoms with Gasteiger partial charge in [0.2, 0.25) is 0 Å². The van der Waals surface area contributed by atoms with E-state index in [0.29, 0.717) is 15.4 Å². The van der Waals surface area contributed by atoms with Crippen LogP contribution in [-0.4, -0.2) is 21.6 Å². The number of benzene rings is 1. The summed E-state index contributed by atoms with van der Waals surface area (Å²) in [5, 5.41) is 9.63. The van der Waals surface area contributed by atoms with Crippen molar-refractivity contribution in [2.45, 2.75) is 17.3 Å². The fourth-order valence-corrected chi connectivity index (χ4v) is 3.03. The molecular formula is C12H8F3NO2S2. The Kier molecular flexibility index (Phi) is 4.05. The van der Waals surface area contributed by atoms with Gasteiger partial charge in [0.1, 0.15) is 0 Å². The van der Waals surface area contributed by atoms with Gasteiger partial charge in [-0.1, -0.05) is 12.1 Å². The Hall–Kier alpha value is -1.54. The van der Waals surface area contributed by atoms with Gasteiger partial charge in [-0.2, -0.15) is 13.2 Å². The highest BCUT2D eigenvalue weighted by Crippen LogP contribution is 2.38. The van der Waals surface area contributed by atoms with Crippen LogP contribution in [0.5, 0.6) is 0 Å². The molecule has 2 rings (SSSR count). The van der Waals surface area contributed by atoms with Gasteiger partial charge in [-0.15, -0.1) is 11.3 Å². The van der Waals surface area contributed by atoms with Gasteiger partial charge in [0.05, 0.1) is 9.88 Å². The first kappa shape index (κ1) is 14.9. The summed E-state index contributed by atoms with van der Waals surface area (Å²) in [6.07, 6.45) is 0. The van der Waals surface area contributed by atoms with E-state index in [-0.39, 0.29) is 22.4 Å². The largest absolute Gasteiger partial charge is 0.476 e. The predicted octanol–water partition coefficient (Wildman–Crippen LogP) is 4.43. The molecule has 0 saturated heterocycles. The highest BCUT2D eigenvalue weighted by molar-refractivity contribution is 8.00. The minimum atomic E-state index is -4.34. The van der Waals surface area contributed by atoms with Gasteiger partial charge in [0, 0.05) is 4.90 Å². The number of thiazole rings is 1. The van der Waals surface area contributed by atoms with Crippen LogP contribution in [0.3, 0.4) is 0 Å². The van der Waals surface area contributed by atoms with Gasteiger partial charge in [-0.25, -0.2) is 9.78 Å². The number of rotatable bonds is 3. The molecule has 0 fully saturated rings. The van der Waals surface area contributed by atoms with Crippen LogP contribution in [0.4, 0.5) is 13.2 Å². The first-order chi connectivity index (χ1) is 9.26. The summed E-state index contributed by atoms with van der Waals surface area (Å²) in [6.45, 7) is 1.68. The van der Waals surface area contributed by atoms with Crippen molar-refractivity contribution >= 4 is 29.1 Å². The molecule has 3 nitrogen and oxygen atoms in total. The van der Waals surface area contributed by atoms with E-state index in [1.165, 1.54) is 35.6 Å². The number of nitrogens with zero attached hydrogens (tertiary/aromatic N) is 1. The molecule has 20 heavy (non-hydrogen) atoms. The zero-order valence-electron chi connectivity index (χ0n) is 10.1. The summed E-state index contributed by atoms with van der Waals surface area (Å²) in [4.78, 5) is 15.5. The van der Waals surface area contributed by atoms with Gasteiger partial charge < -0.3 is 5.11 Å². The third-order valence-electron chi connectivity index (χ3n) is 2.29. The Bertz CT molecular complexity index is 635. The molecule has 8 heteroatoms. The van der Waals surface area contributed by atoms with Crippen LogP contribution in [-0.2, 0) is 0 Å². The molecule has 0 unspecified atom stereocenters. The first-order valence-electron chi connectivity index (χ1n) is 5.33. The smallest absolute Gasteiger partial charge is 0.446 e. The van der Waals surface area contributed by atoms with Crippen LogP contribution < -0.4 is 0 Å². The van der Waals surface area contributed by atoms with Crippen LogP contribution in [0.1, 0.15) is 15.5 Å². The van der Waals surface area contributed by atoms with Crippen molar-refractivity contribution in [3.63, 3.8) is 0 Å². The summed E-state index contributed by atoms with van der Waals surface area (Å²) in [5.41, 5.74) is -3.88. The number of aryl methyl sites for hydroxylation is 1. The number of alkyl halides is 3. The third kappa shape index (κ3) is 3.51. The van der Waals surface area contributed by atoms with E-state index in [1.807, 2.05) is 0 Å². The van der Waals surface area contributed by atoms with Gasteiger partial charge in [-0.3, -0.25) is 0 Å². The fraction of sp³-hybridized carbons (Fsp3) is 0.167. The zero-order chi connectivity index (χ0) is 14.9. The minimum Gasteiger partial charge on any atom is -0.476 e. The second-order valence-corrected chi connectivity index (χ2v) is 6.13. The van der Waals surface area contributed by atoms with Crippen LogP contribution in [0.25, 0.3) is 10.4 Å². The SMILES string of the molecule is Cc1nc(C(=O)O)c(-c2ccc(SC(F)(F)F)cc2)s1. The van der Waals surface area contributed by atoms with Gasteiger partial charge >= 0.3 is 11.5 Å². The van der Waals surface area contributed by atoms with E-state index in [9.17, 15) is 18.0 Å². The Morgan fingerprint density at radius 2 is 1.90 bits per heavy atom. The van der Waals surface area contributed by atoms with Crippen molar-refractivity contribution < 1.29 is 23.1 Å². The molecule has 2 aromatic rings. The molecular weight excluding hydrogens is 311 g/mol. The summed E-state index contributed by atoms with van der Waals surface area (Å²) in [5.74, 6) is -1.15. The average Bonchev–Trinajstić information content (AvgIpc) is 2.70. The highest BCUT2D eigenvalue weighted by Gasteiger charge is 2.29. The Morgan fingerprint density at radius 3 is 2.40 bits per heavy atom. The molecule has 0 radical (unpaired) electrons. The normalized spacial score (nSPS) is 11.6. The lowest BCUT2D eigenvalue weighted by Gasteiger charge is -2.06. The van der Waals surface area contributed by atoms with Crippen LogP contribution >= 0.6 is 23.1 Å². The summed E-state index contributed by atoms with van der Waals surface area (Å²) in [7, 11) is 0. The molecule has 0 spiro atoms. The maximum Gasteiger partial charge on any atom is 0.446 e. The number of thioether (sulfide) groups is 1. The standard InChI is InChI=1S/C12H8F3NO2S2/c1-6-16-9(11(17)18)10(19-6)7-2-4-8(5-3-7)20-12(13,14)15/h2-5H,1H3,(H,17,18). The molecule has 1 N–H and O–H groups in total. The fourth-order valence-electron chi connectivity index (χ4n) is 1.58. The van der Waals surface area contributed by atoms with Crippen molar-refractivity contribution in [1.82, 2.24) is 4.98 Å². The molecule has 0 aliphatic carbocycles. The zero-order valence-corrected chi connectivity index (χ0v) is 11.7. The molecule has 0 bridgehead atoms. The van der Waals surface area contributed by atoms with E-state index in [2.05, 4.69) is 4.98 Å². The number of hydrogen-bond donors (Lipinski definition) is 1. The number of carboxylic acid groups (broad SMARTS) is 1. The lowest BCUT2D eigenvalue weighted by molar-refractivity contribution is -0.0328. The van der Waals surface area contributed by atoms with E-state index in [0.717, 1.165) is 0 Å². The Labute approximate surface area is 120 Å². The second-order valence-electron chi connectivity index (χ2n) is 3.79. The number of hydrogen-bond acceptors (Lipinski definition) is 4. The van der Waals surface area contributed by atoms with E-state index < -0.39 is 11.5 Å². The van der Waals surface area contributed by atoms with Crippen molar-refractivity contribution in [3.05, 3.63) is 35.0 Å². The minimum absolute atomic E-state index is 0.0550. The monoisotopic (exact) mass is 319 g/mol. The highest BCUT2D eigenvalue weighted by atomic mass is 32.2. The lowest BCUT2D eigenvalue weighted by atomic mass is 10.1. The number of aromatic carboxylic acids is 1. The van der Waals surface area contributed by atoms with Crippen molar-refractivity contribution in [2.24, 2.45) is 0 Å². The molecule has 0 amide bonds. The molecule has 0 atom stereocenters. The second kappa shape index (κ2) is 5.45. The maximum atomic E-state index is 12.2. The topological polar surface area (TPSA) is 50.2 Å². The molecule has 1 heterocycles. The van der Waals surface area contributed by atoms with Crippen LogP contribution in [0.2, 0.25) is 0 Å². The van der Waals surface area contributed by atoms with Crippen LogP contribution in [0, 0.1) is 6.92 Å². The first-order valence-corrected chi connectivity index (χ1v) is 6.96. The number of halogens is 3. The van der Waals surface area contributed by atoms with Crippen molar-refractivity contribution in [3.8, 4) is 10.4 Å². The van der Waals surface area contributed by atoms with E-state index in [1.54, 1.807) is 6.92 Å². The maximum absolute atomic E-state index is 12.2. The molecule has 0 aliphatic rings. The molecule has 1 aromatic carbocycles. The number of aromatic nitrogens is 1. The summed E-state index contributed by atoms with van der Waals surface area (Å²) < 4.78 is 36.6. The Balaban J connectivity index is 2.33. The molecule has 1 aromatic heterocycles. The Morgan fingerprint density at radius 1 is 1.30 bits per heavy atom. The van der Waals surface area contributed by atoms with Crippen molar-refractivity contribution in [1.29, 1.82) is 0 Å². The number of carbonyl (C=O) groups is 1. The summed E-state index contributed by atoms with van der Waals surface area (Å²) >= 11 is 0.986. The molecule has 106 valence electrons. The number of carboxylic acids is 1. The third-order valence-corrected chi connectivity index (χ3v) is 4.05. The van der Waals surface area contributed by atoms with E-state index in [4.69, 9.17) is 5.11 Å². The van der Waals surface area contributed by atoms with Crippen LogP contribution in [0.15, 0.2) is 29.2 Å². The van der Waals surface area contributed by atoms with Gasteiger partial charge in [-0.05, 0) is 36.4 Å². The quantitative estimate of drug-likeness (QED) is 0.850. The summed E-state index contributed by atoms with van der Waals surface area (Å²) in [6, 6.07) is 5.56. The van der Waals surface area contributed by atoms with Gasteiger partial charge in [0.15, 0.2) is 5.69 Å². The molecule has 0 aliphatic heterocycles. The average molecular weight is 319 g/mol. The van der Waals surface area contributed by atoms with Gasteiger partial charge in [0.25, 0.3) is 0 Å². The van der Waals surface area contributed by atoms with Crippen molar-refractivity contribution in [2.75, 3.05) is 0 Å².